The van der Waals surface area contributed by atoms with E-state index < -0.39 is 0 Å². The largest absolute Gasteiger partial charge is 0.349 e. The summed E-state index contributed by atoms with van der Waals surface area (Å²) in [7, 11) is 0. The molecular weight excluding hydrogens is 284 g/mol. The summed E-state index contributed by atoms with van der Waals surface area (Å²) in [6, 6.07) is 5.67. The molecule has 0 saturated carbocycles. The van der Waals surface area contributed by atoms with Gasteiger partial charge < -0.3 is 10.6 Å². The Morgan fingerprint density at radius 3 is 2.33 bits per heavy atom. The van der Waals surface area contributed by atoms with Gasteiger partial charge in [0, 0.05) is 29.5 Å². The number of halogens is 1. The maximum atomic E-state index is 12.4. The predicted molar refractivity (Wildman–Crippen MR) is 86.8 cm³/mol. The highest BCUT2D eigenvalue weighted by atomic mass is 35.5. The molecule has 1 aliphatic rings. The van der Waals surface area contributed by atoms with E-state index in [1.807, 2.05) is 19.1 Å². The zero-order valence-corrected chi connectivity index (χ0v) is 14.3. The Kier molecular flexibility index (Phi) is 4.36. The number of aryl methyl sites for hydroxylation is 1. The van der Waals surface area contributed by atoms with E-state index in [9.17, 15) is 4.79 Å². The predicted octanol–water partition coefficient (Wildman–Crippen LogP) is 2.66. The number of nitrogens with one attached hydrogen (secondary N) is 1. The molecule has 0 spiro atoms. The van der Waals surface area contributed by atoms with Gasteiger partial charge in [0.05, 0.1) is 11.1 Å². The van der Waals surface area contributed by atoms with Gasteiger partial charge in [0.15, 0.2) is 0 Å². The van der Waals surface area contributed by atoms with E-state index in [-0.39, 0.29) is 23.0 Å². The Morgan fingerprint density at radius 1 is 1.24 bits per heavy atom. The fraction of sp³-hybridized carbons (Fsp3) is 0.588. The molecule has 1 aromatic rings. The van der Waals surface area contributed by atoms with Crippen molar-refractivity contribution in [1.82, 2.24) is 5.32 Å². The first-order chi connectivity index (χ1) is 9.58. The third-order valence-electron chi connectivity index (χ3n) is 4.10. The molecule has 21 heavy (non-hydrogen) atoms. The summed E-state index contributed by atoms with van der Waals surface area (Å²) in [5.41, 5.74) is 1.91. The van der Waals surface area contributed by atoms with Gasteiger partial charge in [-0.25, -0.2) is 0 Å². The smallest absolute Gasteiger partial charge is 0.251 e. The molecule has 1 amide bonds. The van der Waals surface area contributed by atoms with Gasteiger partial charge in [-0.1, -0.05) is 17.7 Å². The van der Waals surface area contributed by atoms with Crippen LogP contribution in [0.15, 0.2) is 18.2 Å². The molecule has 1 heterocycles. The van der Waals surface area contributed by atoms with Gasteiger partial charge in [0.1, 0.15) is 0 Å². The van der Waals surface area contributed by atoms with Gasteiger partial charge >= 0.3 is 0 Å². The summed E-state index contributed by atoms with van der Waals surface area (Å²) in [5, 5.41) is 6.22. The number of amides is 1. The molecule has 0 bridgehead atoms. The van der Waals surface area contributed by atoms with Crippen LogP contribution in [0.5, 0.6) is 0 Å². The molecule has 0 aliphatic carbocycles. The summed E-state index contributed by atoms with van der Waals surface area (Å²) in [5.74, 6) is -0.0320. The van der Waals surface area contributed by atoms with E-state index in [0.717, 1.165) is 18.4 Å². The van der Waals surface area contributed by atoms with Crippen LogP contribution in [0.3, 0.4) is 0 Å². The molecule has 4 heteroatoms. The highest BCUT2D eigenvalue weighted by Gasteiger charge is 2.42. The molecule has 2 rings (SSSR count). The zero-order valence-electron chi connectivity index (χ0n) is 13.6. The van der Waals surface area contributed by atoms with Crippen molar-refractivity contribution in [2.75, 3.05) is 0 Å². The van der Waals surface area contributed by atoms with Gasteiger partial charge in [-0.3, -0.25) is 4.79 Å². The average Bonchev–Trinajstić information content (AvgIpc) is 2.28. The SMILES string of the molecule is Cc1ccc(C(=O)NC2CC(C)(C)[NH2+]C(C)(C)C2)cc1Cl. The lowest BCUT2D eigenvalue weighted by Crippen LogP contribution is -3.06. The van der Waals surface area contributed by atoms with Crippen LogP contribution >= 0.6 is 11.6 Å². The minimum absolute atomic E-state index is 0.0320. The monoisotopic (exact) mass is 309 g/mol. The summed E-state index contributed by atoms with van der Waals surface area (Å²) < 4.78 is 0. The molecule has 1 aromatic carbocycles. The van der Waals surface area contributed by atoms with Gasteiger partial charge in [0.25, 0.3) is 5.91 Å². The summed E-state index contributed by atoms with van der Waals surface area (Å²) >= 11 is 6.11. The third kappa shape index (κ3) is 4.21. The topological polar surface area (TPSA) is 45.7 Å². The Balaban J connectivity index is 2.10. The maximum Gasteiger partial charge on any atom is 0.251 e. The Morgan fingerprint density at radius 2 is 1.81 bits per heavy atom. The van der Waals surface area contributed by atoms with Crippen molar-refractivity contribution < 1.29 is 10.1 Å². The maximum absolute atomic E-state index is 12.4. The number of hydrogen-bond acceptors (Lipinski definition) is 1. The van der Waals surface area contributed by atoms with Crippen LogP contribution in [0.2, 0.25) is 5.02 Å². The van der Waals surface area contributed by atoms with Crippen LogP contribution < -0.4 is 10.6 Å². The van der Waals surface area contributed by atoms with Crippen LogP contribution in [-0.4, -0.2) is 23.0 Å². The average molecular weight is 310 g/mol. The number of rotatable bonds is 2. The minimum Gasteiger partial charge on any atom is -0.349 e. The van der Waals surface area contributed by atoms with E-state index in [1.165, 1.54) is 0 Å². The van der Waals surface area contributed by atoms with Crippen molar-refractivity contribution in [3.05, 3.63) is 34.3 Å². The van der Waals surface area contributed by atoms with Crippen molar-refractivity contribution >= 4 is 17.5 Å². The third-order valence-corrected chi connectivity index (χ3v) is 4.50. The summed E-state index contributed by atoms with van der Waals surface area (Å²) in [4.78, 5) is 12.4. The first-order valence-electron chi connectivity index (χ1n) is 7.52. The van der Waals surface area contributed by atoms with Gasteiger partial charge in [-0.15, -0.1) is 0 Å². The number of carbonyl (C=O) groups excluding carboxylic acids is 1. The molecule has 1 fully saturated rings. The second-order valence-electron chi connectivity index (χ2n) is 7.66. The van der Waals surface area contributed by atoms with Crippen molar-refractivity contribution in [2.24, 2.45) is 0 Å². The zero-order chi connectivity index (χ0) is 15.8. The molecule has 0 aromatic heterocycles. The lowest BCUT2D eigenvalue weighted by molar-refractivity contribution is -0.787. The van der Waals surface area contributed by atoms with Crippen molar-refractivity contribution in [1.29, 1.82) is 0 Å². The number of quaternary nitrogens is 1. The van der Waals surface area contributed by atoms with Gasteiger partial charge in [0.2, 0.25) is 0 Å². The van der Waals surface area contributed by atoms with Crippen molar-refractivity contribution in [2.45, 2.75) is 64.6 Å². The Hall–Kier alpha value is -1.06. The number of benzene rings is 1. The van der Waals surface area contributed by atoms with E-state index in [4.69, 9.17) is 11.6 Å². The summed E-state index contributed by atoms with van der Waals surface area (Å²) in [6.07, 6.45) is 1.95. The van der Waals surface area contributed by atoms with Crippen LogP contribution in [-0.2, 0) is 0 Å². The van der Waals surface area contributed by atoms with E-state index in [1.54, 1.807) is 6.07 Å². The van der Waals surface area contributed by atoms with Crippen LogP contribution in [0, 0.1) is 6.92 Å². The molecule has 3 N–H and O–H groups in total. The van der Waals surface area contributed by atoms with Crippen LogP contribution in [0.4, 0.5) is 0 Å². The Bertz CT molecular complexity index is 536. The van der Waals surface area contributed by atoms with E-state index >= 15 is 0 Å². The van der Waals surface area contributed by atoms with Gasteiger partial charge in [-0.2, -0.15) is 0 Å². The highest BCUT2D eigenvalue weighted by Crippen LogP contribution is 2.22. The van der Waals surface area contributed by atoms with Crippen molar-refractivity contribution in [3.8, 4) is 0 Å². The fourth-order valence-electron chi connectivity index (χ4n) is 3.62. The molecule has 0 unspecified atom stereocenters. The van der Waals surface area contributed by atoms with Gasteiger partial charge in [-0.05, 0) is 52.3 Å². The lowest BCUT2D eigenvalue weighted by Gasteiger charge is -2.43. The quantitative estimate of drug-likeness (QED) is 0.867. The summed E-state index contributed by atoms with van der Waals surface area (Å²) in [6.45, 7) is 10.9. The lowest BCUT2D eigenvalue weighted by atomic mass is 9.79. The number of hydrogen-bond donors (Lipinski definition) is 2. The molecule has 1 aliphatic heterocycles. The first-order valence-corrected chi connectivity index (χ1v) is 7.90. The fourth-order valence-corrected chi connectivity index (χ4v) is 3.80. The van der Waals surface area contributed by atoms with Crippen molar-refractivity contribution in [3.63, 3.8) is 0 Å². The first kappa shape index (κ1) is 16.3. The molecule has 0 atom stereocenters. The molecule has 0 radical (unpaired) electrons. The number of piperidine rings is 1. The molecular formula is C17H26ClN2O+. The highest BCUT2D eigenvalue weighted by molar-refractivity contribution is 6.31. The molecule has 3 nitrogen and oxygen atoms in total. The second kappa shape index (κ2) is 5.62. The normalized spacial score (nSPS) is 21.0. The number of nitrogens with two attached hydrogens (primary N) is 1. The standard InChI is InChI=1S/C17H25ClN2O/c1-11-6-7-12(8-14(11)18)15(21)19-13-9-16(2,3)20-17(4,5)10-13/h6-8,13,20H,9-10H2,1-5H3,(H,19,21)/p+1. The second-order valence-corrected chi connectivity index (χ2v) is 8.07. The molecule has 1 saturated heterocycles. The molecule has 116 valence electrons. The number of carbonyl (C=O) groups is 1. The van der Waals surface area contributed by atoms with E-state index in [0.29, 0.717) is 10.6 Å². The van der Waals surface area contributed by atoms with E-state index in [2.05, 4.69) is 38.3 Å². The van der Waals surface area contributed by atoms with Crippen LogP contribution in [0.1, 0.15) is 56.5 Å². The minimum atomic E-state index is -0.0320. The van der Waals surface area contributed by atoms with Crippen LogP contribution in [0.25, 0.3) is 0 Å². The Labute approximate surface area is 132 Å².